The molecule has 0 saturated heterocycles. The molecule has 166 valence electrons. The fourth-order valence-electron chi connectivity index (χ4n) is 4.15. The van der Waals surface area contributed by atoms with Crippen molar-refractivity contribution in [1.82, 2.24) is 0 Å². The van der Waals surface area contributed by atoms with E-state index in [4.69, 9.17) is 4.42 Å². The molecule has 0 saturated carbocycles. The van der Waals surface area contributed by atoms with E-state index < -0.39 is 10.1 Å². The monoisotopic (exact) mass is 451 g/mol. The number of hydrogen-bond acceptors (Lipinski definition) is 4. The summed E-state index contributed by atoms with van der Waals surface area (Å²) in [7, 11) is -4.43. The minimum absolute atomic E-state index is 0.129. The molecule has 3 N–H and O–H groups in total. The van der Waals surface area contributed by atoms with E-state index in [2.05, 4.69) is 10.3 Å². The molecule has 1 aliphatic heterocycles. The number of rotatable bonds is 5. The van der Waals surface area contributed by atoms with Crippen LogP contribution in [0.4, 0.5) is 5.69 Å². The number of aryl methyl sites for hydroxylation is 2. The van der Waals surface area contributed by atoms with Crippen LogP contribution in [-0.4, -0.2) is 26.1 Å². The van der Waals surface area contributed by atoms with Gasteiger partial charge in [0, 0.05) is 45.9 Å². The van der Waals surface area contributed by atoms with Crippen molar-refractivity contribution in [2.24, 2.45) is 0 Å². The van der Waals surface area contributed by atoms with E-state index in [-0.39, 0.29) is 4.90 Å². The van der Waals surface area contributed by atoms with Crippen molar-refractivity contribution in [3.63, 3.8) is 0 Å². The first-order valence-electron chi connectivity index (χ1n) is 10.6. The Hall–Kier alpha value is -3.16. The van der Waals surface area contributed by atoms with E-state index in [1.54, 1.807) is 18.2 Å². The number of benzene rings is 3. The van der Waals surface area contributed by atoms with Gasteiger partial charge in [0.2, 0.25) is 5.36 Å². The van der Waals surface area contributed by atoms with Crippen LogP contribution in [0.2, 0.25) is 0 Å². The second-order valence-corrected chi connectivity index (χ2v) is 9.23. The molecule has 0 atom stereocenters. The summed E-state index contributed by atoms with van der Waals surface area (Å²) in [5, 5.41) is 5.08. The van der Waals surface area contributed by atoms with E-state index in [0.717, 1.165) is 46.2 Å². The third-order valence-corrected chi connectivity index (χ3v) is 6.49. The Morgan fingerprint density at radius 3 is 2.44 bits per heavy atom. The zero-order valence-electron chi connectivity index (χ0n) is 18.6. The first-order chi connectivity index (χ1) is 15.2. The number of hydrogen-bond donors (Lipinski definition) is 3. The molecule has 2 aromatic carbocycles. The van der Waals surface area contributed by atoms with Gasteiger partial charge in [0.25, 0.3) is 10.1 Å². The summed E-state index contributed by atoms with van der Waals surface area (Å²) in [6.07, 6.45) is 0. The molecule has 1 heterocycles. The maximum atomic E-state index is 12.2. The van der Waals surface area contributed by atoms with Crippen molar-refractivity contribution in [3.05, 3.63) is 65.0 Å². The molecule has 1 aliphatic carbocycles. The highest BCUT2D eigenvalue weighted by Gasteiger charge is 2.24. The van der Waals surface area contributed by atoms with Crippen LogP contribution in [-0.2, 0) is 10.1 Å². The van der Waals surface area contributed by atoms with Crippen molar-refractivity contribution in [2.75, 3.05) is 18.4 Å². The quantitative estimate of drug-likeness (QED) is 0.319. The summed E-state index contributed by atoms with van der Waals surface area (Å²) in [6, 6.07) is 14.4. The van der Waals surface area contributed by atoms with Crippen molar-refractivity contribution >= 4 is 26.8 Å². The van der Waals surface area contributed by atoms with Gasteiger partial charge in [-0.2, -0.15) is 8.42 Å². The molecular weight excluding hydrogens is 424 g/mol. The topological polar surface area (TPSA) is 93.5 Å². The maximum absolute atomic E-state index is 12.2. The molecule has 0 amide bonds. The van der Waals surface area contributed by atoms with Crippen molar-refractivity contribution in [3.8, 4) is 22.5 Å². The Bertz CT molecular complexity index is 1470. The van der Waals surface area contributed by atoms with Gasteiger partial charge in [0.1, 0.15) is 22.8 Å². The third-order valence-electron chi connectivity index (χ3n) is 5.58. The summed E-state index contributed by atoms with van der Waals surface area (Å²) in [5.41, 5.74) is 5.55. The van der Waals surface area contributed by atoms with E-state index in [1.165, 1.54) is 6.07 Å². The zero-order chi connectivity index (χ0) is 23.0. The van der Waals surface area contributed by atoms with E-state index in [0.29, 0.717) is 22.5 Å². The molecular formula is C25H27N2O4S+. The van der Waals surface area contributed by atoms with Crippen LogP contribution >= 0.6 is 0 Å². The highest BCUT2D eigenvalue weighted by Crippen LogP contribution is 2.43. The lowest BCUT2D eigenvalue weighted by Gasteiger charge is -2.19. The fourth-order valence-corrected chi connectivity index (χ4v) is 4.85. The van der Waals surface area contributed by atoms with Crippen molar-refractivity contribution in [2.45, 2.75) is 32.6 Å². The summed E-state index contributed by atoms with van der Waals surface area (Å²) >= 11 is 0. The van der Waals surface area contributed by atoms with E-state index >= 15 is 0 Å². The molecule has 0 bridgehead atoms. The predicted octanol–water partition coefficient (Wildman–Crippen LogP) is 3.50. The van der Waals surface area contributed by atoms with Gasteiger partial charge in [0.15, 0.2) is 0 Å². The molecule has 2 aliphatic rings. The predicted molar refractivity (Wildman–Crippen MR) is 126 cm³/mol. The van der Waals surface area contributed by atoms with Gasteiger partial charge in [-0.15, -0.1) is 0 Å². The average Bonchev–Trinajstić information content (AvgIpc) is 2.74. The molecule has 7 heteroatoms. The maximum Gasteiger partial charge on any atom is 0.295 e. The fraction of sp³-hybridized carbons (Fsp3) is 0.240. The molecule has 0 radical (unpaired) electrons. The average molecular weight is 452 g/mol. The third kappa shape index (κ3) is 3.89. The second-order valence-electron chi connectivity index (χ2n) is 7.84. The minimum Gasteiger partial charge on any atom is -0.456 e. The standard InChI is InChI=1S/C25H26N2O4S/c1-5-26-20-13-22-18(11-15(20)3)25(17-9-7-8-10-24(17)32(28,29)30)19-12-16(4)21(27-6-2)14-23(19)31-22/h7-14,26H,5-6H2,1-4H3,(H,28,29,30)/p+1. The van der Waals surface area contributed by atoms with Crippen LogP contribution in [0.15, 0.2) is 57.8 Å². The Morgan fingerprint density at radius 1 is 1.00 bits per heavy atom. The van der Waals surface area contributed by atoms with Crippen LogP contribution < -0.4 is 15.7 Å². The van der Waals surface area contributed by atoms with Gasteiger partial charge < -0.3 is 9.73 Å². The smallest absolute Gasteiger partial charge is 0.295 e. The largest absolute Gasteiger partial charge is 0.456 e. The first-order valence-corrected chi connectivity index (χ1v) is 12.1. The lowest BCUT2D eigenvalue weighted by molar-refractivity contribution is -0.496. The number of fused-ring (bicyclic) bond motifs is 2. The highest BCUT2D eigenvalue weighted by atomic mass is 32.2. The summed E-state index contributed by atoms with van der Waals surface area (Å²) < 4.78 is 40.7. The first kappa shape index (κ1) is 22.0. The van der Waals surface area contributed by atoms with Crippen LogP contribution in [0.5, 0.6) is 0 Å². The van der Waals surface area contributed by atoms with Gasteiger partial charge >= 0.3 is 0 Å². The Labute approximate surface area is 187 Å². The lowest BCUT2D eigenvalue weighted by atomic mass is 9.91. The summed E-state index contributed by atoms with van der Waals surface area (Å²) in [5.74, 6) is 0.630. The van der Waals surface area contributed by atoms with Gasteiger partial charge in [0.05, 0.1) is 6.07 Å². The second kappa shape index (κ2) is 8.41. The van der Waals surface area contributed by atoms with E-state index in [1.807, 2.05) is 52.0 Å². The molecule has 0 fully saturated rings. The van der Waals surface area contributed by atoms with Gasteiger partial charge in [-0.3, -0.25) is 4.55 Å². The summed E-state index contributed by atoms with van der Waals surface area (Å²) in [6.45, 7) is 9.59. The molecule has 4 rings (SSSR count). The van der Waals surface area contributed by atoms with Crippen LogP contribution in [0.25, 0.3) is 33.4 Å². The molecule has 2 aromatic rings. The number of anilines is 1. The van der Waals surface area contributed by atoms with Gasteiger partial charge in [-0.25, -0.2) is 4.99 Å². The Balaban J connectivity index is 2.23. The van der Waals surface area contributed by atoms with Crippen molar-refractivity contribution in [1.29, 1.82) is 0 Å². The normalized spacial score (nSPS) is 12.6. The Kier molecular flexibility index (Phi) is 5.79. The van der Waals surface area contributed by atoms with Crippen LogP contribution in [0.3, 0.4) is 0 Å². The van der Waals surface area contributed by atoms with Gasteiger partial charge in [-0.1, -0.05) is 18.2 Å². The molecule has 32 heavy (non-hydrogen) atoms. The minimum atomic E-state index is -4.43. The van der Waals surface area contributed by atoms with Gasteiger partial charge in [-0.05, 0) is 51.5 Å². The summed E-state index contributed by atoms with van der Waals surface area (Å²) in [4.78, 5) is 3.21. The number of nitrogens with one attached hydrogen (secondary N) is 2. The van der Waals surface area contributed by atoms with Crippen molar-refractivity contribution < 1.29 is 22.4 Å². The molecule has 0 unspecified atom stereocenters. The van der Waals surface area contributed by atoms with Crippen LogP contribution in [0, 0.1) is 13.8 Å². The SMILES string of the molecule is CCNc1cc2oc3cc(=[NH+]CC)c(C)cc-3c(-c3ccccc3S(=O)(=O)O)c2cc1C. The zero-order valence-corrected chi connectivity index (χ0v) is 19.4. The van der Waals surface area contributed by atoms with Crippen LogP contribution in [0.1, 0.15) is 25.0 Å². The molecule has 0 spiro atoms. The van der Waals surface area contributed by atoms with E-state index in [9.17, 15) is 13.0 Å². The lowest BCUT2D eigenvalue weighted by Crippen LogP contribution is -2.76. The highest BCUT2D eigenvalue weighted by molar-refractivity contribution is 7.86. The Morgan fingerprint density at radius 2 is 1.75 bits per heavy atom. The molecule has 6 nitrogen and oxygen atoms in total. The molecule has 0 aromatic heterocycles.